The number of ether oxygens (including phenoxy) is 2. The van der Waals surface area contributed by atoms with Crippen LogP contribution in [-0.4, -0.2) is 41.7 Å². The van der Waals surface area contributed by atoms with Crippen LogP contribution in [0.5, 0.6) is 0 Å². The lowest BCUT2D eigenvalue weighted by Crippen LogP contribution is -2.51. The first-order valence-corrected chi connectivity index (χ1v) is 16.8. The van der Waals surface area contributed by atoms with Crippen LogP contribution in [0.2, 0.25) is 16.6 Å². The molecule has 40 heavy (non-hydrogen) atoms. The van der Waals surface area contributed by atoms with Gasteiger partial charge in [-0.25, -0.2) is 9.59 Å². The molecule has 1 fully saturated rings. The fourth-order valence-electron chi connectivity index (χ4n) is 7.09. The highest BCUT2D eigenvalue weighted by Crippen LogP contribution is 2.45. The highest BCUT2D eigenvalue weighted by molar-refractivity contribution is 6.82. The number of nitrogens with zero attached hydrogens (tertiary/aromatic N) is 2. The van der Waals surface area contributed by atoms with Crippen molar-refractivity contribution in [2.24, 2.45) is 5.41 Å². The summed E-state index contributed by atoms with van der Waals surface area (Å²) < 4.78 is 14.2. The molecule has 6 nitrogen and oxygen atoms in total. The molecule has 0 saturated carbocycles. The molecule has 3 aromatic rings. The predicted molar refractivity (Wildman–Crippen MR) is 164 cm³/mol. The van der Waals surface area contributed by atoms with Crippen LogP contribution in [0.15, 0.2) is 60.8 Å². The quantitative estimate of drug-likeness (QED) is 0.205. The molecule has 1 amide bonds. The third-order valence-electron chi connectivity index (χ3n) is 8.64. The van der Waals surface area contributed by atoms with Crippen LogP contribution in [0.1, 0.15) is 73.4 Å². The van der Waals surface area contributed by atoms with E-state index in [9.17, 15) is 9.59 Å². The molecule has 2 heterocycles. The number of rotatable bonds is 8. The molecule has 1 aliphatic rings. The maximum absolute atomic E-state index is 13.6. The van der Waals surface area contributed by atoms with Crippen molar-refractivity contribution >= 4 is 31.2 Å². The molecule has 4 rings (SSSR count). The first-order chi connectivity index (χ1) is 18.8. The van der Waals surface area contributed by atoms with Crippen molar-refractivity contribution in [1.29, 1.82) is 0 Å². The summed E-state index contributed by atoms with van der Waals surface area (Å²) in [6.45, 7) is 20.2. The van der Waals surface area contributed by atoms with E-state index < -0.39 is 32.0 Å². The molecule has 216 valence electrons. The van der Waals surface area contributed by atoms with E-state index >= 15 is 0 Å². The van der Waals surface area contributed by atoms with Gasteiger partial charge in [0.2, 0.25) is 0 Å². The number of amides is 1. The van der Waals surface area contributed by atoms with Crippen LogP contribution < -0.4 is 0 Å². The second-order valence-corrected chi connectivity index (χ2v) is 18.9. The van der Waals surface area contributed by atoms with E-state index in [4.69, 9.17) is 9.47 Å². The summed E-state index contributed by atoms with van der Waals surface area (Å²) in [5.41, 5.74) is 4.24. The highest BCUT2D eigenvalue weighted by atomic mass is 28.3. The van der Waals surface area contributed by atoms with Crippen molar-refractivity contribution in [2.75, 3.05) is 0 Å². The van der Waals surface area contributed by atoms with E-state index in [1.807, 2.05) is 51.1 Å². The van der Waals surface area contributed by atoms with Crippen LogP contribution in [0.4, 0.5) is 4.79 Å². The van der Waals surface area contributed by atoms with Crippen molar-refractivity contribution in [3.8, 4) is 0 Å². The molecule has 0 radical (unpaired) electrons. The van der Waals surface area contributed by atoms with Crippen LogP contribution in [0, 0.1) is 5.41 Å². The van der Waals surface area contributed by atoms with Gasteiger partial charge in [-0.2, -0.15) is 0 Å². The largest absolute Gasteiger partial charge is 0.444 e. The topological polar surface area (TPSA) is 60.8 Å². The Morgan fingerprint density at radius 1 is 0.925 bits per heavy atom. The lowest BCUT2D eigenvalue weighted by atomic mass is 9.93. The second-order valence-electron chi connectivity index (χ2n) is 13.2. The lowest BCUT2D eigenvalue weighted by Gasteiger charge is -2.44. The number of carbonyl (C=O) groups is 2. The van der Waals surface area contributed by atoms with Crippen molar-refractivity contribution in [1.82, 2.24) is 9.13 Å². The fraction of sp³-hybridized carbons (Fsp3) is 0.515. The van der Waals surface area contributed by atoms with Gasteiger partial charge in [-0.05, 0) is 40.0 Å². The number of benzene rings is 2. The number of hydrogen-bond donors (Lipinski definition) is 0. The zero-order valence-electron chi connectivity index (χ0n) is 25.6. The summed E-state index contributed by atoms with van der Waals surface area (Å²) in [7, 11) is -2.06. The molecule has 1 aromatic heterocycles. The Bertz CT molecular complexity index is 1320. The first-order valence-electron chi connectivity index (χ1n) is 14.6. The van der Waals surface area contributed by atoms with Gasteiger partial charge in [0.1, 0.15) is 12.6 Å². The third kappa shape index (κ3) is 5.32. The van der Waals surface area contributed by atoms with E-state index in [1.54, 1.807) is 0 Å². The Hall–Kier alpha value is -3.06. The monoisotopic (exact) mass is 562 g/mol. The number of para-hydroxylation sites is 1. The van der Waals surface area contributed by atoms with Gasteiger partial charge in [-0.3, -0.25) is 4.90 Å². The van der Waals surface area contributed by atoms with Gasteiger partial charge < -0.3 is 13.7 Å². The number of hydrogen-bond acceptors (Lipinski definition) is 4. The number of cyclic esters (lactones) is 1. The van der Waals surface area contributed by atoms with Crippen molar-refractivity contribution in [2.45, 2.75) is 104 Å². The summed E-state index contributed by atoms with van der Waals surface area (Å²) in [4.78, 5) is 28.5. The van der Waals surface area contributed by atoms with Gasteiger partial charge >= 0.3 is 12.1 Å². The van der Waals surface area contributed by atoms with Crippen molar-refractivity contribution < 1.29 is 19.1 Å². The average Bonchev–Trinajstić information content (AvgIpc) is 3.41. The fourth-order valence-corrected chi connectivity index (χ4v) is 13.8. The number of aromatic nitrogens is 1. The second kappa shape index (κ2) is 11.4. The normalized spacial score (nSPS) is 18.3. The van der Waals surface area contributed by atoms with Crippen molar-refractivity contribution in [3.05, 3.63) is 71.9 Å². The van der Waals surface area contributed by atoms with Crippen LogP contribution in [-0.2, 0) is 27.3 Å². The van der Waals surface area contributed by atoms with Gasteiger partial charge in [-0.1, -0.05) is 111 Å². The molecular weight excluding hydrogens is 516 g/mol. The van der Waals surface area contributed by atoms with Crippen LogP contribution >= 0.6 is 0 Å². The molecule has 0 aliphatic carbocycles. The Balaban J connectivity index is 1.76. The smallest absolute Gasteiger partial charge is 0.413 e. The number of esters is 1. The van der Waals surface area contributed by atoms with E-state index in [-0.39, 0.29) is 12.6 Å². The van der Waals surface area contributed by atoms with E-state index in [2.05, 4.69) is 76.2 Å². The van der Waals surface area contributed by atoms with E-state index in [1.165, 1.54) is 10.4 Å². The summed E-state index contributed by atoms with van der Waals surface area (Å²) in [6, 6.07) is 17.3. The van der Waals surface area contributed by atoms with Gasteiger partial charge in [0.15, 0.2) is 14.5 Å². The Kier molecular flexibility index (Phi) is 8.55. The summed E-state index contributed by atoms with van der Waals surface area (Å²) in [5, 5.41) is 1.13. The van der Waals surface area contributed by atoms with Gasteiger partial charge in [-0.15, -0.1) is 0 Å². The molecular formula is C33H46N2O4Si. The van der Waals surface area contributed by atoms with E-state index in [0.717, 1.165) is 16.5 Å². The summed E-state index contributed by atoms with van der Waals surface area (Å²) in [5.74, 6) is -0.381. The lowest BCUT2D eigenvalue weighted by molar-refractivity contribution is -0.147. The molecule has 0 unspecified atom stereocenters. The number of carbonyl (C=O) groups excluding carboxylic acids is 2. The minimum atomic E-state index is -2.06. The zero-order chi connectivity index (χ0) is 29.4. The van der Waals surface area contributed by atoms with Crippen LogP contribution in [0.3, 0.4) is 0 Å². The zero-order valence-corrected chi connectivity index (χ0v) is 26.6. The SMILES string of the molecule is CC(C)[Si](C(C)C)(C(C)C)n1cc(C[C@@H]2C(=O)O[C@H](C(C)(C)C)N2C(=O)OCc2ccccc2)c2ccccc21. The Labute approximate surface area is 240 Å². The highest BCUT2D eigenvalue weighted by Gasteiger charge is 2.51. The first kappa shape index (κ1) is 29.9. The van der Waals surface area contributed by atoms with Crippen molar-refractivity contribution in [3.63, 3.8) is 0 Å². The molecule has 1 aliphatic heterocycles. The third-order valence-corrected chi connectivity index (χ3v) is 15.4. The maximum Gasteiger partial charge on any atom is 0.413 e. The van der Waals surface area contributed by atoms with Gasteiger partial charge in [0.05, 0.1) is 0 Å². The molecule has 0 N–H and O–H groups in total. The average molecular weight is 563 g/mol. The number of fused-ring (bicyclic) bond motifs is 1. The summed E-state index contributed by atoms with van der Waals surface area (Å²) in [6.07, 6.45) is 1.41. The predicted octanol–water partition coefficient (Wildman–Crippen LogP) is 8.14. The molecule has 2 atom stereocenters. The van der Waals surface area contributed by atoms with Gasteiger partial charge in [0, 0.05) is 22.7 Å². The van der Waals surface area contributed by atoms with E-state index in [0.29, 0.717) is 23.0 Å². The minimum Gasteiger partial charge on any atom is -0.444 e. The van der Waals surface area contributed by atoms with Gasteiger partial charge in [0.25, 0.3) is 0 Å². The molecule has 0 bridgehead atoms. The Morgan fingerprint density at radius 3 is 2.08 bits per heavy atom. The Morgan fingerprint density at radius 2 is 1.50 bits per heavy atom. The molecule has 2 aromatic carbocycles. The standard InChI is InChI=1S/C33H46N2O4Si/c1-22(2)40(23(3)4,24(5)6)34-20-26(27-17-13-14-18-28(27)34)19-29-30(36)39-31(33(7,8)9)35(29)32(37)38-21-25-15-11-10-12-16-25/h10-18,20,22-24,29,31H,19,21H2,1-9H3/t29-,31-/m1/s1. The summed E-state index contributed by atoms with van der Waals surface area (Å²) >= 11 is 0. The molecule has 1 saturated heterocycles. The van der Waals surface area contributed by atoms with Crippen LogP contribution in [0.25, 0.3) is 10.9 Å². The molecule has 0 spiro atoms. The molecule has 7 heteroatoms. The maximum atomic E-state index is 13.6. The minimum absolute atomic E-state index is 0.137.